The van der Waals surface area contributed by atoms with Crippen LogP contribution in [0.25, 0.3) is 0 Å². The minimum absolute atomic E-state index is 0.00448. The van der Waals surface area contributed by atoms with Crippen LogP contribution in [0.2, 0.25) is 0 Å². The lowest BCUT2D eigenvalue weighted by Gasteiger charge is -2.25. The van der Waals surface area contributed by atoms with E-state index in [1.807, 2.05) is 98.3 Å². The second-order valence-electron chi connectivity index (χ2n) is 22.8. The molecule has 4 heterocycles. The molecule has 5 aromatic rings. The first-order valence-electron chi connectivity index (χ1n) is 28.2. The SMILES string of the molecule is CCC(=O)C(CCSSC(C)(C)CCC(=O)N[C@@H](C)C(=O)C[C@@H](C)C(=O)Nc1cc(COc2cc3c(cc2C)C(=O)N2c4ccccc4C[C@H]2CN3C)cc(COc2cc3c(cc2OC)C(=O)N2c4ccccc4C[C@H]2CC3)c1)S(=O)(=O)O. The zero-order valence-corrected chi connectivity index (χ0v) is 50.7. The monoisotopic (exact) mass is 1190 g/mol. The fourth-order valence-corrected chi connectivity index (χ4v) is 15.2. The Kier molecular flexibility index (Phi) is 18.7. The number of Topliss-reactive ketones (excluding diaryl/α,β-unsaturated/α-hetero) is 2. The zero-order chi connectivity index (χ0) is 59.5. The number of fused-ring (bicyclic) bond motifs is 8. The number of carbonyl (C=O) groups is 6. The predicted octanol–water partition coefficient (Wildman–Crippen LogP) is 10.3. The van der Waals surface area contributed by atoms with Crippen molar-refractivity contribution < 1.29 is 55.9 Å². The summed E-state index contributed by atoms with van der Waals surface area (Å²) in [7, 11) is 1.82. The number of ether oxygens (including phenoxy) is 3. The highest BCUT2D eigenvalue weighted by Gasteiger charge is 2.40. The number of likely N-dealkylation sites (N-methyl/N-ethyl adjacent to an activating group) is 1. The Bertz CT molecular complexity index is 3460. The molecule has 3 N–H and O–H groups in total. The summed E-state index contributed by atoms with van der Waals surface area (Å²) in [6, 6.07) is 28.2. The lowest BCUT2D eigenvalue weighted by atomic mass is 9.99. The van der Waals surface area contributed by atoms with Gasteiger partial charge < -0.3 is 39.5 Å². The fourth-order valence-electron chi connectivity index (χ4n) is 11.5. The van der Waals surface area contributed by atoms with E-state index in [-0.39, 0.29) is 74.5 Å². The second-order valence-corrected chi connectivity index (χ2v) is 27.5. The molecule has 0 saturated carbocycles. The summed E-state index contributed by atoms with van der Waals surface area (Å²) in [5.74, 6) is -0.801. The largest absolute Gasteiger partial charge is 0.493 e. The van der Waals surface area contributed by atoms with Gasteiger partial charge in [-0.3, -0.25) is 33.3 Å². The van der Waals surface area contributed by atoms with Gasteiger partial charge in [-0.2, -0.15) is 8.42 Å². The van der Waals surface area contributed by atoms with Crippen LogP contribution in [-0.4, -0.2) is 103 Å². The van der Waals surface area contributed by atoms with E-state index in [0.29, 0.717) is 70.3 Å². The number of para-hydroxylation sites is 2. The van der Waals surface area contributed by atoms with Gasteiger partial charge in [-0.1, -0.05) is 71.8 Å². The van der Waals surface area contributed by atoms with E-state index < -0.39 is 43.8 Å². The third-order valence-corrected chi connectivity index (χ3v) is 20.7. The highest BCUT2D eigenvalue weighted by atomic mass is 33.1. The van der Waals surface area contributed by atoms with E-state index >= 15 is 0 Å². The normalized spacial score (nSPS) is 17.3. The molecule has 20 heteroatoms. The molecule has 9 rings (SSSR count). The molecule has 0 aliphatic carbocycles. The first-order chi connectivity index (χ1) is 39.5. The summed E-state index contributed by atoms with van der Waals surface area (Å²) in [4.78, 5) is 87.2. The van der Waals surface area contributed by atoms with Crippen molar-refractivity contribution >= 4 is 89.7 Å². The summed E-state index contributed by atoms with van der Waals surface area (Å²) in [5.41, 5.74) is 9.58. The third-order valence-electron chi connectivity index (χ3n) is 16.1. The molecule has 0 saturated heterocycles. The lowest BCUT2D eigenvalue weighted by molar-refractivity contribution is -0.129. The van der Waals surface area contributed by atoms with Crippen molar-refractivity contribution in [1.29, 1.82) is 0 Å². The van der Waals surface area contributed by atoms with Crippen molar-refractivity contribution in [2.75, 3.05) is 46.5 Å². The van der Waals surface area contributed by atoms with Crippen molar-refractivity contribution in [2.24, 2.45) is 5.92 Å². The third kappa shape index (κ3) is 13.9. The highest BCUT2D eigenvalue weighted by Crippen LogP contribution is 2.43. The summed E-state index contributed by atoms with van der Waals surface area (Å²) < 4.78 is 51.5. The Morgan fingerprint density at radius 1 is 0.783 bits per heavy atom. The number of nitrogens with one attached hydrogen (secondary N) is 2. The summed E-state index contributed by atoms with van der Waals surface area (Å²) in [6.45, 7) is 11.3. The number of benzene rings is 5. The molecule has 4 aliphatic heterocycles. The van der Waals surface area contributed by atoms with Crippen LogP contribution in [0.15, 0.2) is 91.0 Å². The van der Waals surface area contributed by atoms with Gasteiger partial charge in [0.25, 0.3) is 21.9 Å². The molecule has 5 atom stereocenters. The van der Waals surface area contributed by atoms with Gasteiger partial charge in [0.15, 0.2) is 23.1 Å². The molecule has 440 valence electrons. The number of rotatable bonds is 24. The smallest absolute Gasteiger partial charge is 0.275 e. The molecule has 1 unspecified atom stereocenters. The van der Waals surface area contributed by atoms with E-state index in [1.165, 1.54) is 28.7 Å². The van der Waals surface area contributed by atoms with Crippen LogP contribution >= 0.6 is 21.6 Å². The quantitative estimate of drug-likeness (QED) is 0.0297. The lowest BCUT2D eigenvalue weighted by Crippen LogP contribution is -2.41. The van der Waals surface area contributed by atoms with Crippen molar-refractivity contribution in [3.8, 4) is 17.2 Å². The number of ketones is 2. The molecule has 4 aliphatic rings. The van der Waals surface area contributed by atoms with Crippen LogP contribution in [-0.2, 0) is 61.8 Å². The van der Waals surface area contributed by atoms with Crippen molar-refractivity contribution in [2.45, 2.75) is 141 Å². The molecule has 83 heavy (non-hydrogen) atoms. The van der Waals surface area contributed by atoms with Gasteiger partial charge in [0.2, 0.25) is 11.8 Å². The summed E-state index contributed by atoms with van der Waals surface area (Å²) in [6.07, 6.45) is 3.36. The summed E-state index contributed by atoms with van der Waals surface area (Å²) in [5, 5.41) is 4.32. The summed E-state index contributed by atoms with van der Waals surface area (Å²) >= 11 is 0. The highest BCUT2D eigenvalue weighted by molar-refractivity contribution is 8.77. The van der Waals surface area contributed by atoms with Gasteiger partial charge in [0, 0.05) is 84.0 Å². The second kappa shape index (κ2) is 25.5. The molecule has 17 nitrogen and oxygen atoms in total. The average Bonchev–Trinajstić information content (AvgIpc) is 2.83. The van der Waals surface area contributed by atoms with E-state index in [9.17, 15) is 41.7 Å². The first-order valence-corrected chi connectivity index (χ1v) is 32.0. The average molecular weight is 1190 g/mol. The number of amides is 4. The number of aryl methyl sites for hydroxylation is 2. The standard InChI is InChI=1S/C63H73N5O12S3/c1-9-53(69)58(83(75,76)77)21-23-81-82-63(5,6)22-20-59(71)64-39(4)54(70)25-38(3)60(72)65-45-27-40(35-79-55-33-52-49(24-37(55)2)62(74)68-47(34-66(52)7)30-44-15-11-13-17-51(44)68)26-41(28-45)36-80-57-31-42-18-19-46-29-43-14-10-12-16-50(43)67(46)61(73)48(42)32-56(57)78-8/h10-17,24,26-28,31-33,38-39,46-47,58H,9,18-23,25,29-30,34-36H2,1-8H3,(H,64,71)(H,65,72)(H,75,76,77)/t38-,39+,46-,47+,58?/m1/s1. The Morgan fingerprint density at radius 2 is 1.41 bits per heavy atom. The van der Waals surface area contributed by atoms with Crippen LogP contribution < -0.4 is 39.5 Å². The van der Waals surface area contributed by atoms with Crippen molar-refractivity contribution in [3.63, 3.8) is 0 Å². The maximum absolute atomic E-state index is 14.3. The van der Waals surface area contributed by atoms with Gasteiger partial charge in [-0.15, -0.1) is 0 Å². The minimum Gasteiger partial charge on any atom is -0.493 e. The van der Waals surface area contributed by atoms with E-state index in [2.05, 4.69) is 27.7 Å². The van der Waals surface area contributed by atoms with Gasteiger partial charge in [-0.05, 0) is 148 Å². The molecule has 0 radical (unpaired) electrons. The minimum atomic E-state index is -4.51. The Labute approximate surface area is 494 Å². The molecule has 0 aromatic heterocycles. The molecular formula is C63H73N5O12S3. The molecule has 0 fully saturated rings. The Morgan fingerprint density at radius 3 is 2.06 bits per heavy atom. The van der Waals surface area contributed by atoms with Gasteiger partial charge >= 0.3 is 0 Å². The zero-order valence-electron chi connectivity index (χ0n) is 48.2. The number of carbonyl (C=O) groups excluding carboxylic acids is 6. The Balaban J connectivity index is 0.874. The number of hydrogen-bond donors (Lipinski definition) is 3. The molecule has 0 spiro atoms. The molecular weight excluding hydrogens is 1110 g/mol. The van der Waals surface area contributed by atoms with Crippen LogP contribution in [0, 0.1) is 12.8 Å². The van der Waals surface area contributed by atoms with Crippen LogP contribution in [0.4, 0.5) is 22.7 Å². The van der Waals surface area contributed by atoms with Gasteiger partial charge in [-0.25, -0.2) is 0 Å². The molecule has 4 amide bonds. The topological polar surface area (TPSA) is 218 Å². The maximum atomic E-state index is 14.3. The number of anilines is 4. The van der Waals surface area contributed by atoms with Crippen molar-refractivity contribution in [1.82, 2.24) is 5.32 Å². The number of nitrogens with zero attached hydrogens (tertiary/aromatic N) is 3. The van der Waals surface area contributed by atoms with Crippen LogP contribution in [0.5, 0.6) is 17.2 Å². The van der Waals surface area contributed by atoms with E-state index in [4.69, 9.17) is 14.2 Å². The predicted molar refractivity (Wildman–Crippen MR) is 326 cm³/mol. The van der Waals surface area contributed by atoms with Crippen LogP contribution in [0.3, 0.4) is 0 Å². The maximum Gasteiger partial charge on any atom is 0.275 e. The number of methoxy groups -OCH3 is 1. The molecule has 0 bridgehead atoms. The van der Waals surface area contributed by atoms with Gasteiger partial charge in [0.1, 0.15) is 24.2 Å². The van der Waals surface area contributed by atoms with Gasteiger partial charge in [0.05, 0.1) is 30.4 Å². The molecule has 5 aromatic carbocycles. The van der Waals surface area contributed by atoms with E-state index in [0.717, 1.165) is 58.6 Å². The van der Waals surface area contributed by atoms with Crippen molar-refractivity contribution in [3.05, 3.63) is 136 Å². The van der Waals surface area contributed by atoms with Crippen LogP contribution in [0.1, 0.15) is 127 Å². The fraction of sp³-hybridized carbons (Fsp3) is 0.429. The first kappa shape index (κ1) is 60.7. The number of hydrogen-bond acceptors (Lipinski definition) is 14. The Hall–Kier alpha value is -6.87. The van der Waals surface area contributed by atoms with E-state index in [1.54, 1.807) is 39.0 Å².